The molecule has 2 aliphatic rings. The molecule has 1 saturated heterocycles. The van der Waals surface area contributed by atoms with Crippen molar-refractivity contribution in [1.82, 2.24) is 9.80 Å². The normalized spacial score (nSPS) is 16.9. The van der Waals surface area contributed by atoms with Crippen molar-refractivity contribution < 1.29 is 14.0 Å². The molecule has 4 rings (SSSR count). The van der Waals surface area contributed by atoms with Crippen LogP contribution in [0.2, 0.25) is 0 Å². The molecule has 1 saturated carbocycles. The predicted octanol–water partition coefficient (Wildman–Crippen LogP) is 4.36. The van der Waals surface area contributed by atoms with E-state index in [1.807, 2.05) is 15.9 Å². The lowest BCUT2D eigenvalue weighted by Crippen LogP contribution is -2.37. The summed E-state index contributed by atoms with van der Waals surface area (Å²) in [6.07, 6.45) is 5.50. The number of benzene rings is 2. The molecule has 1 aliphatic heterocycles. The van der Waals surface area contributed by atoms with Crippen molar-refractivity contribution in [1.29, 1.82) is 0 Å². The van der Waals surface area contributed by atoms with Crippen LogP contribution in [0.1, 0.15) is 49.3 Å². The van der Waals surface area contributed by atoms with E-state index in [2.05, 4.69) is 24.3 Å². The number of carbonyl (C=O) groups excluding carboxylic acids is 2. The van der Waals surface area contributed by atoms with Crippen LogP contribution in [0.3, 0.4) is 0 Å². The number of carbonyl (C=O) groups is 2. The molecule has 5 heteroatoms. The van der Waals surface area contributed by atoms with E-state index in [0.717, 1.165) is 56.3 Å². The Balaban J connectivity index is 1.32. The van der Waals surface area contributed by atoms with Gasteiger partial charge in [-0.3, -0.25) is 9.59 Å². The van der Waals surface area contributed by atoms with Gasteiger partial charge in [0.1, 0.15) is 5.82 Å². The quantitative estimate of drug-likeness (QED) is 0.665. The lowest BCUT2D eigenvalue weighted by Gasteiger charge is -2.31. The van der Waals surface area contributed by atoms with Gasteiger partial charge in [-0.1, -0.05) is 36.4 Å². The highest BCUT2D eigenvalue weighted by Gasteiger charge is 2.32. The van der Waals surface area contributed by atoms with E-state index in [9.17, 15) is 14.0 Å². The highest BCUT2D eigenvalue weighted by Crippen LogP contribution is 2.29. The number of piperidine rings is 1. The Hall–Kier alpha value is -2.69. The summed E-state index contributed by atoms with van der Waals surface area (Å²) < 4.78 is 13.5. The summed E-state index contributed by atoms with van der Waals surface area (Å²) in [5.41, 5.74) is 3.17. The third-order valence-electron chi connectivity index (χ3n) is 6.51. The molecule has 164 valence electrons. The molecule has 4 nitrogen and oxygen atoms in total. The van der Waals surface area contributed by atoms with Crippen molar-refractivity contribution >= 4 is 11.8 Å². The Morgan fingerprint density at radius 3 is 2.26 bits per heavy atom. The first-order valence-corrected chi connectivity index (χ1v) is 11.3. The predicted molar refractivity (Wildman–Crippen MR) is 119 cm³/mol. The third kappa shape index (κ3) is 5.93. The number of halogens is 1. The van der Waals surface area contributed by atoms with Gasteiger partial charge in [0.25, 0.3) is 0 Å². The first kappa shape index (κ1) is 21.5. The van der Waals surface area contributed by atoms with Gasteiger partial charge < -0.3 is 9.80 Å². The van der Waals surface area contributed by atoms with Gasteiger partial charge in [-0.05, 0) is 66.8 Å². The monoisotopic (exact) mass is 422 g/mol. The first-order chi connectivity index (χ1) is 15.0. The van der Waals surface area contributed by atoms with Crippen LogP contribution in [0.5, 0.6) is 0 Å². The topological polar surface area (TPSA) is 40.6 Å². The molecular formula is C26H31FN2O2. The van der Waals surface area contributed by atoms with Crippen LogP contribution in [0, 0.1) is 11.7 Å². The molecule has 1 heterocycles. The Kier molecular flexibility index (Phi) is 6.69. The van der Waals surface area contributed by atoms with E-state index in [-0.39, 0.29) is 24.1 Å². The van der Waals surface area contributed by atoms with Gasteiger partial charge in [0.2, 0.25) is 11.8 Å². The van der Waals surface area contributed by atoms with Gasteiger partial charge in [-0.2, -0.15) is 0 Å². The Bertz CT molecular complexity index is 915. The van der Waals surface area contributed by atoms with Crippen molar-refractivity contribution in [2.24, 2.45) is 5.92 Å². The molecular weight excluding hydrogens is 391 g/mol. The number of hydrogen-bond donors (Lipinski definition) is 0. The molecule has 0 unspecified atom stereocenters. The average molecular weight is 423 g/mol. The largest absolute Gasteiger partial charge is 0.343 e. The van der Waals surface area contributed by atoms with E-state index in [1.54, 1.807) is 13.0 Å². The fourth-order valence-electron chi connectivity index (χ4n) is 4.49. The summed E-state index contributed by atoms with van der Waals surface area (Å²) in [7, 11) is 0. The smallest absolute Gasteiger partial charge is 0.227 e. The minimum Gasteiger partial charge on any atom is -0.343 e. The number of nitrogens with zero attached hydrogens (tertiary/aromatic N) is 2. The Morgan fingerprint density at radius 1 is 0.968 bits per heavy atom. The number of amides is 2. The number of hydrogen-bond acceptors (Lipinski definition) is 2. The van der Waals surface area contributed by atoms with E-state index in [4.69, 9.17) is 0 Å². The molecule has 0 radical (unpaired) electrons. The molecule has 31 heavy (non-hydrogen) atoms. The van der Waals surface area contributed by atoms with Crippen LogP contribution in [0.4, 0.5) is 4.39 Å². The molecule has 0 bridgehead atoms. The van der Waals surface area contributed by atoms with E-state index >= 15 is 0 Å². The van der Waals surface area contributed by atoms with Gasteiger partial charge in [-0.15, -0.1) is 0 Å². The molecule has 2 amide bonds. The summed E-state index contributed by atoms with van der Waals surface area (Å²) in [5, 5.41) is 0. The van der Waals surface area contributed by atoms with Crippen LogP contribution in [-0.2, 0) is 29.0 Å². The lowest BCUT2D eigenvalue weighted by atomic mass is 9.90. The Morgan fingerprint density at radius 2 is 1.65 bits per heavy atom. The summed E-state index contributed by atoms with van der Waals surface area (Å²) in [6.45, 7) is 3.98. The molecule has 2 fully saturated rings. The second-order valence-corrected chi connectivity index (χ2v) is 9.03. The third-order valence-corrected chi connectivity index (χ3v) is 6.51. The second kappa shape index (κ2) is 9.63. The standard InChI is InChI=1S/C26H31FN2O2/c1-19(30)28-13-11-21(12-14-28)15-20-5-7-22(8-6-20)18-29(25-9-10-25)26(31)17-23-3-2-4-24(27)16-23/h2-8,16,21,25H,9-15,17-18H2,1H3. The molecule has 0 aromatic heterocycles. The molecule has 2 aromatic rings. The zero-order valence-corrected chi connectivity index (χ0v) is 18.2. The summed E-state index contributed by atoms with van der Waals surface area (Å²) in [5.74, 6) is 0.562. The van der Waals surface area contributed by atoms with Gasteiger partial charge in [-0.25, -0.2) is 4.39 Å². The van der Waals surface area contributed by atoms with Gasteiger partial charge in [0.05, 0.1) is 6.42 Å². The van der Waals surface area contributed by atoms with Gasteiger partial charge in [0.15, 0.2) is 0 Å². The van der Waals surface area contributed by atoms with Crippen molar-refractivity contribution in [2.75, 3.05) is 13.1 Å². The van der Waals surface area contributed by atoms with Gasteiger partial charge >= 0.3 is 0 Å². The minimum absolute atomic E-state index is 0.0643. The fourth-order valence-corrected chi connectivity index (χ4v) is 4.49. The second-order valence-electron chi connectivity index (χ2n) is 9.03. The molecule has 1 aliphatic carbocycles. The first-order valence-electron chi connectivity index (χ1n) is 11.3. The highest BCUT2D eigenvalue weighted by atomic mass is 19.1. The molecule has 2 aromatic carbocycles. The average Bonchev–Trinajstić information content (AvgIpc) is 3.59. The Labute approximate surface area is 184 Å². The van der Waals surface area contributed by atoms with E-state index in [0.29, 0.717) is 18.5 Å². The molecule has 0 spiro atoms. The van der Waals surface area contributed by atoms with Crippen molar-refractivity contribution in [3.8, 4) is 0 Å². The van der Waals surface area contributed by atoms with Crippen LogP contribution in [0.25, 0.3) is 0 Å². The summed E-state index contributed by atoms with van der Waals surface area (Å²) >= 11 is 0. The van der Waals surface area contributed by atoms with Crippen molar-refractivity contribution in [3.05, 3.63) is 71.0 Å². The van der Waals surface area contributed by atoms with Crippen molar-refractivity contribution in [3.63, 3.8) is 0 Å². The van der Waals surface area contributed by atoms with Crippen LogP contribution >= 0.6 is 0 Å². The van der Waals surface area contributed by atoms with Crippen LogP contribution in [0.15, 0.2) is 48.5 Å². The van der Waals surface area contributed by atoms with Crippen molar-refractivity contribution in [2.45, 2.75) is 58.0 Å². The van der Waals surface area contributed by atoms with E-state index < -0.39 is 0 Å². The number of rotatable bonds is 7. The maximum Gasteiger partial charge on any atom is 0.227 e. The van der Waals surface area contributed by atoms with Crippen LogP contribution < -0.4 is 0 Å². The lowest BCUT2D eigenvalue weighted by molar-refractivity contribution is -0.132. The van der Waals surface area contributed by atoms with Crippen LogP contribution in [-0.4, -0.2) is 40.7 Å². The SMILES string of the molecule is CC(=O)N1CCC(Cc2ccc(CN(C(=O)Cc3cccc(F)c3)C3CC3)cc2)CC1. The zero-order valence-electron chi connectivity index (χ0n) is 18.2. The maximum atomic E-state index is 13.5. The molecule has 0 N–H and O–H groups in total. The van der Waals surface area contributed by atoms with Gasteiger partial charge in [0, 0.05) is 32.6 Å². The molecule has 0 atom stereocenters. The summed E-state index contributed by atoms with van der Waals surface area (Å²) in [4.78, 5) is 28.3. The fraction of sp³-hybridized carbons (Fsp3) is 0.462. The maximum absolute atomic E-state index is 13.5. The highest BCUT2D eigenvalue weighted by molar-refractivity contribution is 5.79. The summed E-state index contributed by atoms with van der Waals surface area (Å²) in [6, 6.07) is 15.2. The number of likely N-dealkylation sites (tertiary alicyclic amines) is 1. The minimum atomic E-state index is -0.300. The zero-order chi connectivity index (χ0) is 21.8. The van der Waals surface area contributed by atoms with E-state index in [1.165, 1.54) is 17.7 Å².